The first-order chi connectivity index (χ1) is 11.9. The maximum atomic E-state index is 14.1. The molecule has 1 aromatic rings. The van der Waals surface area contributed by atoms with Gasteiger partial charge in [-0.2, -0.15) is 0 Å². The number of aliphatic imine (C=N–C) groups is 2. The summed E-state index contributed by atoms with van der Waals surface area (Å²) in [5.74, 6) is 1.19. The number of anilines is 1. The van der Waals surface area contributed by atoms with Crippen LogP contribution >= 0.6 is 11.6 Å². The van der Waals surface area contributed by atoms with E-state index in [-0.39, 0.29) is 11.1 Å². The van der Waals surface area contributed by atoms with Crippen LogP contribution in [0.25, 0.3) is 0 Å². The summed E-state index contributed by atoms with van der Waals surface area (Å²) < 4.78 is 14.1. The highest BCUT2D eigenvalue weighted by molar-refractivity contribution is 6.48. The number of rotatable bonds is 0. The molecule has 1 unspecified atom stereocenters. The van der Waals surface area contributed by atoms with Crippen LogP contribution in [0, 0.1) is 5.82 Å². The van der Waals surface area contributed by atoms with Crippen LogP contribution in [-0.2, 0) is 0 Å². The lowest BCUT2D eigenvalue weighted by Crippen LogP contribution is -2.53. The second kappa shape index (κ2) is 6.11. The van der Waals surface area contributed by atoms with Gasteiger partial charge in [-0.05, 0) is 32.5 Å². The molecule has 0 saturated carbocycles. The maximum Gasteiger partial charge on any atom is 0.176 e. The van der Waals surface area contributed by atoms with Crippen molar-refractivity contribution < 1.29 is 4.39 Å². The van der Waals surface area contributed by atoms with E-state index in [1.807, 2.05) is 18.0 Å². The van der Waals surface area contributed by atoms with Crippen molar-refractivity contribution in [3.05, 3.63) is 34.7 Å². The quantitative estimate of drug-likeness (QED) is 0.711. The standard InChI is InChI=1S/C18H21ClFN5/c1-11-10-25-16-9-14(20)13(19)8-15(16)22-17(18(25)21-12(11)2)24-6-4-23(3)5-7-24/h8-10,12H,4-7H2,1-3H3. The van der Waals surface area contributed by atoms with Gasteiger partial charge in [0.05, 0.1) is 22.4 Å². The average Bonchev–Trinajstić information content (AvgIpc) is 2.58. The van der Waals surface area contributed by atoms with E-state index in [9.17, 15) is 4.39 Å². The number of nitrogens with zero attached hydrogens (tertiary/aromatic N) is 5. The second-order valence-corrected chi connectivity index (χ2v) is 7.26. The molecule has 1 fully saturated rings. The predicted molar refractivity (Wildman–Crippen MR) is 101 cm³/mol. The van der Waals surface area contributed by atoms with E-state index in [1.54, 1.807) is 6.07 Å². The first kappa shape index (κ1) is 16.5. The molecule has 0 amide bonds. The van der Waals surface area contributed by atoms with Crippen LogP contribution in [0.4, 0.5) is 15.8 Å². The van der Waals surface area contributed by atoms with Crippen molar-refractivity contribution in [2.45, 2.75) is 19.9 Å². The van der Waals surface area contributed by atoms with Crippen LogP contribution in [0.15, 0.2) is 33.9 Å². The average molecular weight is 362 g/mol. The zero-order valence-corrected chi connectivity index (χ0v) is 15.4. The molecule has 3 heterocycles. The molecule has 0 aliphatic carbocycles. The van der Waals surface area contributed by atoms with Gasteiger partial charge in [0, 0.05) is 38.4 Å². The van der Waals surface area contributed by atoms with E-state index in [0.717, 1.165) is 43.4 Å². The largest absolute Gasteiger partial charge is 0.351 e. The Labute approximate surface area is 152 Å². The fourth-order valence-electron chi connectivity index (χ4n) is 3.27. The monoisotopic (exact) mass is 361 g/mol. The first-order valence-electron chi connectivity index (χ1n) is 8.51. The van der Waals surface area contributed by atoms with Crippen molar-refractivity contribution in [1.82, 2.24) is 9.80 Å². The minimum Gasteiger partial charge on any atom is -0.351 e. The molecule has 3 aliphatic rings. The molecule has 7 heteroatoms. The van der Waals surface area contributed by atoms with Gasteiger partial charge < -0.3 is 9.80 Å². The maximum absolute atomic E-state index is 14.1. The molecule has 0 radical (unpaired) electrons. The molecule has 3 aliphatic heterocycles. The molecule has 5 nitrogen and oxygen atoms in total. The van der Waals surface area contributed by atoms with Crippen molar-refractivity contribution in [3.63, 3.8) is 0 Å². The predicted octanol–water partition coefficient (Wildman–Crippen LogP) is 3.28. The molecule has 1 saturated heterocycles. The highest BCUT2D eigenvalue weighted by Gasteiger charge is 2.33. The van der Waals surface area contributed by atoms with Gasteiger partial charge in [-0.3, -0.25) is 9.89 Å². The van der Waals surface area contributed by atoms with E-state index in [1.165, 1.54) is 6.07 Å². The van der Waals surface area contributed by atoms with Gasteiger partial charge in [-0.25, -0.2) is 9.38 Å². The van der Waals surface area contributed by atoms with Crippen LogP contribution in [-0.4, -0.2) is 60.7 Å². The number of hydrogen-bond donors (Lipinski definition) is 0. The Morgan fingerprint density at radius 3 is 2.60 bits per heavy atom. The molecule has 0 bridgehead atoms. The third-order valence-corrected chi connectivity index (χ3v) is 5.33. The normalized spacial score (nSPS) is 23.6. The van der Waals surface area contributed by atoms with Gasteiger partial charge in [-0.1, -0.05) is 11.6 Å². The van der Waals surface area contributed by atoms with Crippen molar-refractivity contribution in [1.29, 1.82) is 0 Å². The lowest BCUT2D eigenvalue weighted by molar-refractivity contribution is 0.217. The van der Waals surface area contributed by atoms with Crippen LogP contribution in [0.1, 0.15) is 13.8 Å². The van der Waals surface area contributed by atoms with Crippen molar-refractivity contribution in [2.75, 3.05) is 38.1 Å². The number of fused-ring (bicyclic) bond motifs is 3. The van der Waals surface area contributed by atoms with Crippen LogP contribution in [0.3, 0.4) is 0 Å². The summed E-state index contributed by atoms with van der Waals surface area (Å²) in [6.45, 7) is 7.85. The third-order valence-electron chi connectivity index (χ3n) is 5.04. The zero-order chi connectivity index (χ0) is 17.7. The molecule has 1 atom stereocenters. The molecular weight excluding hydrogens is 341 g/mol. The number of halogens is 2. The third kappa shape index (κ3) is 2.83. The van der Waals surface area contributed by atoms with E-state index >= 15 is 0 Å². The molecule has 25 heavy (non-hydrogen) atoms. The lowest BCUT2D eigenvalue weighted by atomic mass is 10.1. The number of likely N-dealkylation sites (N-methyl/N-ethyl adjacent to an activating group) is 1. The van der Waals surface area contributed by atoms with Crippen LogP contribution in [0.5, 0.6) is 0 Å². The van der Waals surface area contributed by atoms with Crippen LogP contribution < -0.4 is 4.90 Å². The van der Waals surface area contributed by atoms with Gasteiger partial charge in [0.2, 0.25) is 0 Å². The Bertz CT molecular complexity index is 808. The summed E-state index contributed by atoms with van der Waals surface area (Å²) in [7, 11) is 2.12. The number of hydrogen-bond acceptors (Lipinski definition) is 5. The Balaban J connectivity index is 1.83. The van der Waals surface area contributed by atoms with E-state index in [4.69, 9.17) is 21.6 Å². The van der Waals surface area contributed by atoms with Crippen molar-refractivity contribution >= 4 is 34.6 Å². The van der Waals surface area contributed by atoms with Crippen molar-refractivity contribution in [2.24, 2.45) is 9.98 Å². The van der Waals surface area contributed by atoms with E-state index in [2.05, 4.69) is 23.8 Å². The number of piperazine rings is 1. The molecule has 132 valence electrons. The minimum absolute atomic E-state index is 0.0858. The minimum atomic E-state index is -0.442. The molecular formula is C18H21ClFN5. The summed E-state index contributed by atoms with van der Waals surface area (Å²) in [5.41, 5.74) is 2.49. The highest BCUT2D eigenvalue weighted by Crippen LogP contribution is 2.39. The number of amidine groups is 2. The van der Waals surface area contributed by atoms with Gasteiger partial charge in [0.25, 0.3) is 0 Å². The smallest absolute Gasteiger partial charge is 0.176 e. The topological polar surface area (TPSA) is 34.4 Å². The van der Waals surface area contributed by atoms with Gasteiger partial charge in [0.15, 0.2) is 11.7 Å². The Morgan fingerprint density at radius 1 is 1.16 bits per heavy atom. The lowest BCUT2D eigenvalue weighted by Gasteiger charge is -2.40. The Hall–Kier alpha value is -1.92. The van der Waals surface area contributed by atoms with E-state index in [0.29, 0.717) is 11.4 Å². The fourth-order valence-corrected chi connectivity index (χ4v) is 3.43. The van der Waals surface area contributed by atoms with Gasteiger partial charge in [0.1, 0.15) is 5.82 Å². The zero-order valence-electron chi connectivity index (χ0n) is 14.6. The van der Waals surface area contributed by atoms with Crippen molar-refractivity contribution in [3.8, 4) is 0 Å². The summed E-state index contributed by atoms with van der Waals surface area (Å²) in [4.78, 5) is 16.2. The molecule has 1 aromatic carbocycles. The second-order valence-electron chi connectivity index (χ2n) is 6.85. The molecule has 4 rings (SSSR count). The van der Waals surface area contributed by atoms with E-state index < -0.39 is 5.82 Å². The van der Waals surface area contributed by atoms with Gasteiger partial charge >= 0.3 is 0 Å². The summed E-state index contributed by atoms with van der Waals surface area (Å²) in [5, 5.41) is 0.0895. The number of benzene rings is 1. The van der Waals surface area contributed by atoms with Crippen LogP contribution in [0.2, 0.25) is 5.02 Å². The summed E-state index contributed by atoms with van der Waals surface area (Å²) in [6, 6.07) is 3.12. The molecule has 0 aromatic heterocycles. The fraction of sp³-hybridized carbons (Fsp3) is 0.444. The SMILES string of the molecule is CC1=CN2C(=NC1C)C(N1CCN(C)CC1)=Nc1cc(Cl)c(F)cc12. The molecule has 0 N–H and O–H groups in total. The summed E-state index contributed by atoms with van der Waals surface area (Å²) in [6.07, 6.45) is 2.03. The Morgan fingerprint density at radius 2 is 1.88 bits per heavy atom. The molecule has 0 spiro atoms. The Kier molecular flexibility index (Phi) is 4.04. The summed E-state index contributed by atoms with van der Waals surface area (Å²) >= 11 is 6.00. The highest BCUT2D eigenvalue weighted by atomic mass is 35.5. The van der Waals surface area contributed by atoms with Gasteiger partial charge in [-0.15, -0.1) is 0 Å². The first-order valence-corrected chi connectivity index (χ1v) is 8.89.